The van der Waals surface area contributed by atoms with Crippen molar-refractivity contribution in [2.75, 3.05) is 0 Å². The molecule has 15 heavy (non-hydrogen) atoms. The summed E-state index contributed by atoms with van der Waals surface area (Å²) in [6.07, 6.45) is 6.76. The number of ketones is 1. The van der Waals surface area contributed by atoms with Crippen LogP contribution in [0, 0.1) is 0 Å². The lowest BCUT2D eigenvalue weighted by atomic mass is 9.94. The Kier molecular flexibility index (Phi) is 1.76. The van der Waals surface area contributed by atoms with Gasteiger partial charge in [0.2, 0.25) is 5.28 Å². The summed E-state index contributed by atoms with van der Waals surface area (Å²) in [4.78, 5) is 19.4. The molecule has 0 fully saturated rings. The van der Waals surface area contributed by atoms with E-state index in [1.807, 2.05) is 6.08 Å². The summed E-state index contributed by atoms with van der Waals surface area (Å²) in [6.45, 7) is 0. The highest BCUT2D eigenvalue weighted by Crippen LogP contribution is 2.38. The molecule has 1 heterocycles. The molecule has 0 saturated carbocycles. The van der Waals surface area contributed by atoms with Crippen LogP contribution in [0.1, 0.15) is 24.1 Å². The molecule has 0 aromatic carbocycles. The standard InChI is InChI=1S/C11H7ClN2O/c12-11-13-5-7-3-6-1-2-8(15)4-9(6)10(7)14-11/h3-5H,1-2H2. The van der Waals surface area contributed by atoms with E-state index in [4.69, 9.17) is 11.6 Å². The van der Waals surface area contributed by atoms with E-state index in [2.05, 4.69) is 9.97 Å². The second kappa shape index (κ2) is 3.00. The van der Waals surface area contributed by atoms with Crippen LogP contribution >= 0.6 is 11.6 Å². The molecule has 0 atom stereocenters. The van der Waals surface area contributed by atoms with Crippen LogP contribution in [0.15, 0.2) is 17.8 Å². The van der Waals surface area contributed by atoms with Gasteiger partial charge in [-0.25, -0.2) is 9.97 Å². The molecule has 1 aromatic heterocycles. The topological polar surface area (TPSA) is 42.9 Å². The van der Waals surface area contributed by atoms with E-state index in [1.165, 1.54) is 5.57 Å². The van der Waals surface area contributed by atoms with Crippen LogP contribution in [0.25, 0.3) is 11.6 Å². The van der Waals surface area contributed by atoms with E-state index < -0.39 is 0 Å². The highest BCUT2D eigenvalue weighted by Gasteiger charge is 2.25. The van der Waals surface area contributed by atoms with Crippen molar-refractivity contribution in [1.82, 2.24) is 9.97 Å². The SMILES string of the molecule is O=C1C=C2C(=Cc3cnc(Cl)nc32)CC1. The maximum atomic E-state index is 11.3. The second-order valence-electron chi connectivity index (χ2n) is 3.64. The number of aromatic nitrogens is 2. The van der Waals surface area contributed by atoms with Crippen LogP contribution in [0.4, 0.5) is 0 Å². The number of halogens is 1. The monoisotopic (exact) mass is 218 g/mol. The van der Waals surface area contributed by atoms with Gasteiger partial charge in [0.15, 0.2) is 5.78 Å². The molecule has 0 spiro atoms. The fraction of sp³-hybridized carbons (Fsp3) is 0.182. The van der Waals surface area contributed by atoms with Crippen LogP contribution in [-0.4, -0.2) is 15.8 Å². The van der Waals surface area contributed by atoms with Gasteiger partial charge in [-0.1, -0.05) is 0 Å². The molecule has 0 N–H and O–H groups in total. The molecule has 74 valence electrons. The summed E-state index contributed by atoms with van der Waals surface area (Å²) in [5.41, 5.74) is 3.83. The molecular formula is C11H7ClN2O. The first-order chi connectivity index (χ1) is 7.24. The highest BCUT2D eigenvalue weighted by molar-refractivity contribution is 6.28. The summed E-state index contributed by atoms with van der Waals surface area (Å²) >= 11 is 5.73. The van der Waals surface area contributed by atoms with E-state index in [0.29, 0.717) is 6.42 Å². The van der Waals surface area contributed by atoms with E-state index in [0.717, 1.165) is 23.3 Å². The zero-order valence-corrected chi connectivity index (χ0v) is 8.58. The number of fused-ring (bicyclic) bond motifs is 3. The number of hydrogen-bond donors (Lipinski definition) is 0. The lowest BCUT2D eigenvalue weighted by molar-refractivity contribution is -0.114. The molecule has 2 aliphatic rings. The minimum Gasteiger partial charge on any atom is -0.295 e. The molecule has 2 aliphatic carbocycles. The van der Waals surface area contributed by atoms with Crippen LogP contribution in [-0.2, 0) is 4.79 Å². The van der Waals surface area contributed by atoms with E-state index in [1.54, 1.807) is 12.3 Å². The summed E-state index contributed by atoms with van der Waals surface area (Å²) < 4.78 is 0. The predicted octanol–water partition coefficient (Wildman–Crippen LogP) is 2.27. The Balaban J connectivity index is 2.22. The summed E-state index contributed by atoms with van der Waals surface area (Å²) in [5.74, 6) is 0.157. The van der Waals surface area contributed by atoms with Gasteiger partial charge in [0.25, 0.3) is 0 Å². The molecule has 0 saturated heterocycles. The Labute approximate surface area is 91.5 Å². The summed E-state index contributed by atoms with van der Waals surface area (Å²) in [6, 6.07) is 0. The van der Waals surface area contributed by atoms with Crippen molar-refractivity contribution in [3.05, 3.63) is 34.4 Å². The third kappa shape index (κ3) is 1.31. The number of carbonyl (C=O) groups is 1. The van der Waals surface area contributed by atoms with Gasteiger partial charge in [-0.15, -0.1) is 0 Å². The van der Waals surface area contributed by atoms with E-state index in [-0.39, 0.29) is 11.1 Å². The van der Waals surface area contributed by atoms with Crippen LogP contribution in [0.3, 0.4) is 0 Å². The number of hydrogen-bond acceptors (Lipinski definition) is 3. The average molecular weight is 219 g/mol. The Bertz CT molecular complexity index is 531. The van der Waals surface area contributed by atoms with Crippen molar-refractivity contribution in [1.29, 1.82) is 0 Å². The summed E-state index contributed by atoms with van der Waals surface area (Å²) in [5, 5.41) is 0.224. The minimum atomic E-state index is 0.157. The van der Waals surface area contributed by atoms with Crippen molar-refractivity contribution < 1.29 is 4.79 Å². The largest absolute Gasteiger partial charge is 0.295 e. The molecule has 4 heteroatoms. The molecule has 3 rings (SSSR count). The van der Waals surface area contributed by atoms with Crippen LogP contribution in [0.5, 0.6) is 0 Å². The van der Waals surface area contributed by atoms with Crippen LogP contribution in [0.2, 0.25) is 5.28 Å². The maximum absolute atomic E-state index is 11.3. The zero-order chi connectivity index (χ0) is 10.4. The molecule has 3 nitrogen and oxygen atoms in total. The Morgan fingerprint density at radius 2 is 2.13 bits per heavy atom. The van der Waals surface area contributed by atoms with Gasteiger partial charge in [-0.3, -0.25) is 4.79 Å². The molecule has 0 aliphatic heterocycles. The summed E-state index contributed by atoms with van der Waals surface area (Å²) in [7, 11) is 0. The van der Waals surface area contributed by atoms with E-state index in [9.17, 15) is 4.79 Å². The Morgan fingerprint density at radius 3 is 3.00 bits per heavy atom. The third-order valence-electron chi connectivity index (χ3n) is 2.66. The first-order valence-electron chi connectivity index (χ1n) is 4.72. The molecular weight excluding hydrogens is 212 g/mol. The number of nitrogens with zero attached hydrogens (tertiary/aromatic N) is 2. The lowest BCUT2D eigenvalue weighted by Gasteiger charge is -2.10. The Hall–Kier alpha value is -1.48. The maximum Gasteiger partial charge on any atom is 0.222 e. The zero-order valence-electron chi connectivity index (χ0n) is 7.83. The third-order valence-corrected chi connectivity index (χ3v) is 2.85. The number of allylic oxidation sites excluding steroid dienone is 3. The fourth-order valence-electron chi connectivity index (χ4n) is 1.97. The van der Waals surface area contributed by atoms with Crippen LogP contribution < -0.4 is 0 Å². The van der Waals surface area contributed by atoms with E-state index >= 15 is 0 Å². The van der Waals surface area contributed by atoms with Crippen molar-refractivity contribution in [2.45, 2.75) is 12.8 Å². The van der Waals surface area contributed by atoms with Crippen molar-refractivity contribution in [2.24, 2.45) is 0 Å². The first-order valence-corrected chi connectivity index (χ1v) is 5.10. The first kappa shape index (κ1) is 8.80. The van der Waals surface area contributed by atoms with Gasteiger partial charge in [-0.2, -0.15) is 0 Å². The minimum absolute atomic E-state index is 0.157. The molecule has 1 aromatic rings. The van der Waals surface area contributed by atoms with Gasteiger partial charge >= 0.3 is 0 Å². The van der Waals surface area contributed by atoms with Gasteiger partial charge < -0.3 is 0 Å². The number of carbonyl (C=O) groups excluding carboxylic acids is 1. The average Bonchev–Trinajstić information content (AvgIpc) is 2.56. The van der Waals surface area contributed by atoms with Crippen molar-refractivity contribution >= 4 is 29.0 Å². The lowest BCUT2D eigenvalue weighted by Crippen LogP contribution is -2.03. The predicted molar refractivity (Wildman–Crippen MR) is 57.2 cm³/mol. The second-order valence-corrected chi connectivity index (χ2v) is 3.97. The molecule has 0 amide bonds. The van der Waals surface area contributed by atoms with Crippen molar-refractivity contribution in [3.63, 3.8) is 0 Å². The van der Waals surface area contributed by atoms with Gasteiger partial charge in [-0.05, 0) is 35.7 Å². The Morgan fingerprint density at radius 1 is 1.27 bits per heavy atom. The van der Waals surface area contributed by atoms with Gasteiger partial charge in [0.1, 0.15) is 0 Å². The van der Waals surface area contributed by atoms with Crippen molar-refractivity contribution in [3.8, 4) is 0 Å². The molecule has 0 bridgehead atoms. The highest BCUT2D eigenvalue weighted by atomic mass is 35.5. The normalized spacial score (nSPS) is 18.1. The molecule has 0 radical (unpaired) electrons. The smallest absolute Gasteiger partial charge is 0.222 e. The molecule has 0 unspecified atom stereocenters. The fourth-order valence-corrected chi connectivity index (χ4v) is 2.10. The van der Waals surface area contributed by atoms with Gasteiger partial charge in [0, 0.05) is 23.8 Å². The van der Waals surface area contributed by atoms with Gasteiger partial charge in [0.05, 0.1) is 5.69 Å². The number of rotatable bonds is 0. The quantitative estimate of drug-likeness (QED) is 0.628.